The van der Waals surface area contributed by atoms with Crippen molar-refractivity contribution in [2.45, 2.75) is 39.2 Å². The lowest BCUT2D eigenvalue weighted by Gasteiger charge is -2.16. The monoisotopic (exact) mass is 421 g/mol. The van der Waals surface area contributed by atoms with Gasteiger partial charge >= 0.3 is 5.97 Å². The van der Waals surface area contributed by atoms with Crippen LogP contribution in [-0.4, -0.2) is 32.5 Å². The van der Waals surface area contributed by atoms with E-state index in [0.29, 0.717) is 22.0 Å². The molecule has 3 rings (SSSR count). The Kier molecular flexibility index (Phi) is 5.90. The topological polar surface area (TPSA) is 89.5 Å². The van der Waals surface area contributed by atoms with Crippen LogP contribution in [-0.2, 0) is 27.6 Å². The van der Waals surface area contributed by atoms with Gasteiger partial charge in [-0.25, -0.2) is 13.2 Å². The van der Waals surface area contributed by atoms with Gasteiger partial charge in [-0.05, 0) is 68.0 Å². The Labute approximate surface area is 169 Å². The number of hydrogen-bond acceptors (Lipinski definition) is 6. The van der Waals surface area contributed by atoms with Crippen LogP contribution in [0, 0.1) is 5.92 Å². The molecule has 2 aromatic rings. The normalized spacial score (nSPS) is 17.5. The van der Waals surface area contributed by atoms with Crippen molar-refractivity contribution in [2.75, 3.05) is 11.0 Å². The van der Waals surface area contributed by atoms with Gasteiger partial charge in [0, 0.05) is 16.1 Å². The highest BCUT2D eigenvalue weighted by Crippen LogP contribution is 2.32. The van der Waals surface area contributed by atoms with E-state index < -0.39 is 22.1 Å². The zero-order chi connectivity index (χ0) is 20.5. The fourth-order valence-electron chi connectivity index (χ4n) is 3.23. The minimum atomic E-state index is -3.38. The zero-order valence-electron chi connectivity index (χ0n) is 16.0. The van der Waals surface area contributed by atoms with Gasteiger partial charge in [0.2, 0.25) is 15.8 Å². The lowest BCUT2D eigenvalue weighted by molar-refractivity contribution is 0.0323. The number of hydrogen-bond donors (Lipinski definition) is 1. The Bertz CT molecular complexity index is 992. The Morgan fingerprint density at radius 2 is 1.93 bits per heavy atom. The quantitative estimate of drug-likeness (QED) is 0.568. The third-order valence-electron chi connectivity index (χ3n) is 4.66. The summed E-state index contributed by atoms with van der Waals surface area (Å²) in [5.74, 6) is -0.205. The number of nitrogens with one attached hydrogen (secondary N) is 1. The third-order valence-corrected chi connectivity index (χ3v) is 6.48. The van der Waals surface area contributed by atoms with Gasteiger partial charge in [0.15, 0.2) is 6.10 Å². The number of carbonyl (C=O) groups is 2. The molecule has 1 aliphatic carbocycles. The summed E-state index contributed by atoms with van der Waals surface area (Å²) in [6, 6.07) is 7.90. The molecule has 6 nitrogen and oxygen atoms in total. The number of sulfonamides is 1. The SMILES string of the molecule is C[C@@H]1CCc2sc(C(=O)O[C@H](C)C(=O)c3ccc(NS(C)(=O)=O)cc3)cc2C1. The molecule has 1 N–H and O–H groups in total. The van der Waals surface area contributed by atoms with Gasteiger partial charge in [-0.15, -0.1) is 11.3 Å². The van der Waals surface area contributed by atoms with Crippen LogP contribution in [0.2, 0.25) is 0 Å². The average molecular weight is 422 g/mol. The third kappa shape index (κ3) is 4.99. The molecule has 0 bridgehead atoms. The van der Waals surface area contributed by atoms with E-state index in [1.165, 1.54) is 46.0 Å². The standard InChI is InChI=1S/C20H23NO5S2/c1-12-4-9-17-15(10-12)11-18(27-17)20(23)26-13(2)19(22)14-5-7-16(8-6-14)21-28(3,24)25/h5-8,11-13,21H,4,9-10H2,1-3H3/t12-,13-/m1/s1. The number of thiophene rings is 1. The highest BCUT2D eigenvalue weighted by molar-refractivity contribution is 7.92. The number of benzene rings is 1. The molecule has 28 heavy (non-hydrogen) atoms. The summed E-state index contributed by atoms with van der Waals surface area (Å²) < 4.78 is 30.2. The number of esters is 1. The molecule has 1 aliphatic rings. The van der Waals surface area contributed by atoms with Gasteiger partial charge in [-0.2, -0.15) is 0 Å². The molecule has 150 valence electrons. The number of ether oxygens (including phenoxy) is 1. The van der Waals surface area contributed by atoms with Crippen LogP contribution in [0.25, 0.3) is 0 Å². The van der Waals surface area contributed by atoms with E-state index in [9.17, 15) is 18.0 Å². The molecular formula is C20H23NO5S2. The van der Waals surface area contributed by atoms with Gasteiger partial charge in [0.1, 0.15) is 4.88 Å². The Morgan fingerprint density at radius 1 is 1.25 bits per heavy atom. The predicted molar refractivity (Wildman–Crippen MR) is 110 cm³/mol. The molecule has 1 aromatic carbocycles. The van der Waals surface area contributed by atoms with E-state index in [0.717, 1.165) is 25.5 Å². The number of rotatable bonds is 6. The van der Waals surface area contributed by atoms with E-state index in [1.54, 1.807) is 6.92 Å². The van der Waals surface area contributed by atoms with Crippen LogP contribution in [0.3, 0.4) is 0 Å². The van der Waals surface area contributed by atoms with Crippen LogP contribution in [0.5, 0.6) is 0 Å². The first-order valence-electron chi connectivity index (χ1n) is 9.07. The number of aryl methyl sites for hydroxylation is 1. The molecule has 0 saturated heterocycles. The fraction of sp³-hybridized carbons (Fsp3) is 0.400. The van der Waals surface area contributed by atoms with Crippen molar-refractivity contribution >= 4 is 38.8 Å². The Morgan fingerprint density at radius 3 is 2.57 bits per heavy atom. The van der Waals surface area contributed by atoms with Crippen molar-refractivity contribution in [2.24, 2.45) is 5.92 Å². The second-order valence-corrected chi connectivity index (χ2v) is 10.2. The van der Waals surface area contributed by atoms with Crippen molar-refractivity contribution in [3.05, 3.63) is 51.2 Å². The minimum absolute atomic E-state index is 0.339. The number of anilines is 1. The molecule has 0 spiro atoms. The first kappa shape index (κ1) is 20.5. The van der Waals surface area contributed by atoms with Crippen molar-refractivity contribution in [1.29, 1.82) is 0 Å². The summed E-state index contributed by atoms with van der Waals surface area (Å²) in [6.45, 7) is 3.74. The predicted octanol–water partition coefficient (Wildman–Crippen LogP) is 3.67. The van der Waals surface area contributed by atoms with Crippen molar-refractivity contribution in [3.8, 4) is 0 Å². The molecule has 0 amide bonds. The van der Waals surface area contributed by atoms with E-state index in [1.807, 2.05) is 6.07 Å². The molecule has 1 aromatic heterocycles. The minimum Gasteiger partial charge on any atom is -0.450 e. The summed E-state index contributed by atoms with van der Waals surface area (Å²) in [4.78, 5) is 26.8. The van der Waals surface area contributed by atoms with Gasteiger partial charge in [0.25, 0.3) is 0 Å². The smallest absolute Gasteiger partial charge is 0.349 e. The van der Waals surface area contributed by atoms with Gasteiger partial charge in [-0.3, -0.25) is 9.52 Å². The first-order chi connectivity index (χ1) is 13.1. The second kappa shape index (κ2) is 8.05. The summed E-state index contributed by atoms with van der Waals surface area (Å²) in [5.41, 5.74) is 1.92. The van der Waals surface area contributed by atoms with Crippen LogP contribution >= 0.6 is 11.3 Å². The molecule has 8 heteroatoms. The summed E-state index contributed by atoms with van der Waals surface area (Å²) in [6.07, 6.45) is 3.20. The van der Waals surface area contributed by atoms with Crippen molar-refractivity contribution < 1.29 is 22.7 Å². The first-order valence-corrected chi connectivity index (χ1v) is 11.8. The number of fused-ring (bicyclic) bond motifs is 1. The molecule has 0 fully saturated rings. The highest BCUT2D eigenvalue weighted by Gasteiger charge is 2.24. The Hall–Kier alpha value is -2.19. The molecule has 0 unspecified atom stereocenters. The number of ketones is 1. The van der Waals surface area contributed by atoms with E-state index in [-0.39, 0.29) is 5.78 Å². The van der Waals surface area contributed by atoms with E-state index in [2.05, 4.69) is 11.6 Å². The zero-order valence-corrected chi connectivity index (χ0v) is 17.7. The lowest BCUT2D eigenvalue weighted by atomic mass is 9.90. The molecular weight excluding hydrogens is 398 g/mol. The number of carbonyl (C=O) groups excluding carboxylic acids is 2. The van der Waals surface area contributed by atoms with Crippen molar-refractivity contribution in [3.63, 3.8) is 0 Å². The van der Waals surface area contributed by atoms with Crippen molar-refractivity contribution in [1.82, 2.24) is 0 Å². The fourth-order valence-corrected chi connectivity index (χ4v) is 4.89. The summed E-state index contributed by atoms with van der Waals surface area (Å²) >= 11 is 1.45. The molecule has 2 atom stereocenters. The maximum absolute atomic E-state index is 12.5. The molecule has 1 heterocycles. The largest absolute Gasteiger partial charge is 0.450 e. The van der Waals surface area contributed by atoms with Crippen LogP contribution in [0.1, 0.15) is 50.7 Å². The van der Waals surface area contributed by atoms with Gasteiger partial charge < -0.3 is 4.74 Å². The Balaban J connectivity index is 1.64. The van der Waals surface area contributed by atoms with Gasteiger partial charge in [0.05, 0.1) is 6.26 Å². The lowest BCUT2D eigenvalue weighted by Crippen LogP contribution is -2.24. The number of Topliss-reactive ketones (excluding diaryl/α,β-unsaturated/α-hetero) is 1. The van der Waals surface area contributed by atoms with E-state index in [4.69, 9.17) is 4.74 Å². The van der Waals surface area contributed by atoms with Crippen LogP contribution in [0.4, 0.5) is 5.69 Å². The summed E-state index contributed by atoms with van der Waals surface area (Å²) in [5, 5.41) is 0. The molecule has 0 aliphatic heterocycles. The molecule has 0 saturated carbocycles. The maximum atomic E-state index is 12.5. The maximum Gasteiger partial charge on any atom is 0.349 e. The van der Waals surface area contributed by atoms with Gasteiger partial charge in [-0.1, -0.05) is 6.92 Å². The van der Waals surface area contributed by atoms with Crippen LogP contribution in [0.15, 0.2) is 30.3 Å². The second-order valence-electron chi connectivity index (χ2n) is 7.27. The highest BCUT2D eigenvalue weighted by atomic mass is 32.2. The van der Waals surface area contributed by atoms with Crippen LogP contribution < -0.4 is 4.72 Å². The van der Waals surface area contributed by atoms with E-state index >= 15 is 0 Å². The average Bonchev–Trinajstić information content (AvgIpc) is 3.03. The summed E-state index contributed by atoms with van der Waals surface area (Å²) in [7, 11) is -3.38. The molecule has 0 radical (unpaired) electrons.